The van der Waals surface area contributed by atoms with Crippen LogP contribution in [0.1, 0.15) is 38.0 Å². The molecule has 2 aromatic heterocycles. The van der Waals surface area contributed by atoms with Crippen LogP contribution in [-0.2, 0) is 5.60 Å². The van der Waals surface area contributed by atoms with Gasteiger partial charge >= 0.3 is 0 Å². The summed E-state index contributed by atoms with van der Waals surface area (Å²) in [5.74, 6) is 0.943. The number of halogens is 2. The molecule has 0 saturated heterocycles. The molecule has 0 aliphatic carbocycles. The quantitative estimate of drug-likeness (QED) is 0.287. The molecule has 0 amide bonds. The Labute approximate surface area is 189 Å². The van der Waals surface area contributed by atoms with E-state index in [-0.39, 0.29) is 0 Å². The van der Waals surface area contributed by atoms with Crippen molar-refractivity contribution in [3.63, 3.8) is 0 Å². The van der Waals surface area contributed by atoms with Gasteiger partial charge in [0.2, 0.25) is 0 Å². The van der Waals surface area contributed by atoms with Gasteiger partial charge in [-0.15, -0.1) is 0 Å². The number of hydrogen-bond donors (Lipinski definition) is 1. The highest BCUT2D eigenvalue weighted by atomic mass is 79.9. The summed E-state index contributed by atoms with van der Waals surface area (Å²) in [6.07, 6.45) is 2.94. The fraction of sp³-hybridized carbons (Fsp3) is 0.240. The zero-order valence-electron chi connectivity index (χ0n) is 16.9. The molecule has 5 heteroatoms. The van der Waals surface area contributed by atoms with Gasteiger partial charge in [0.15, 0.2) is 0 Å². The molecular weight excluding hydrogens is 462 g/mol. The number of benzene rings is 2. The highest BCUT2D eigenvalue weighted by Crippen LogP contribution is 2.41. The Morgan fingerprint density at radius 1 is 1.10 bits per heavy atom. The maximum atomic E-state index is 11.9. The molecule has 0 fully saturated rings. The van der Waals surface area contributed by atoms with E-state index in [2.05, 4.69) is 29.8 Å². The molecule has 0 aliphatic rings. The summed E-state index contributed by atoms with van der Waals surface area (Å²) in [5.41, 5.74) is 1.91. The van der Waals surface area contributed by atoms with Crippen molar-refractivity contribution in [2.24, 2.45) is 5.92 Å². The minimum Gasteiger partial charge on any atom is -0.466 e. The molecule has 30 heavy (non-hydrogen) atoms. The van der Waals surface area contributed by atoms with E-state index in [0.29, 0.717) is 34.3 Å². The maximum Gasteiger partial charge on any atom is 0.149 e. The van der Waals surface area contributed by atoms with Crippen LogP contribution in [0, 0.1) is 5.92 Å². The highest BCUT2D eigenvalue weighted by Gasteiger charge is 2.37. The SMILES string of the molecule is CC(C)CCC(O)(c1ccco1)c1cc(Br)cc2cc(-c3ccccc3)c(Cl)nc12. The fourth-order valence-electron chi connectivity index (χ4n) is 3.77. The average molecular weight is 485 g/mol. The van der Waals surface area contributed by atoms with Crippen LogP contribution in [0.5, 0.6) is 0 Å². The number of aromatic nitrogens is 1. The van der Waals surface area contributed by atoms with Gasteiger partial charge in [-0.25, -0.2) is 4.98 Å². The Morgan fingerprint density at radius 2 is 1.87 bits per heavy atom. The van der Waals surface area contributed by atoms with Crippen molar-refractivity contribution in [2.75, 3.05) is 0 Å². The van der Waals surface area contributed by atoms with E-state index in [1.54, 1.807) is 12.3 Å². The van der Waals surface area contributed by atoms with Gasteiger partial charge in [-0.3, -0.25) is 0 Å². The Balaban J connectivity index is 1.94. The van der Waals surface area contributed by atoms with Crippen LogP contribution in [0.4, 0.5) is 0 Å². The van der Waals surface area contributed by atoms with Crippen LogP contribution in [0.15, 0.2) is 75.8 Å². The lowest BCUT2D eigenvalue weighted by atomic mass is 9.83. The summed E-state index contributed by atoms with van der Waals surface area (Å²) in [6, 6.07) is 19.5. The van der Waals surface area contributed by atoms with Crippen molar-refractivity contribution in [1.29, 1.82) is 0 Å². The Morgan fingerprint density at radius 3 is 2.53 bits per heavy atom. The van der Waals surface area contributed by atoms with Crippen LogP contribution in [0.2, 0.25) is 5.15 Å². The average Bonchev–Trinajstić information content (AvgIpc) is 3.27. The lowest BCUT2D eigenvalue weighted by molar-refractivity contribution is 0.0434. The fourth-order valence-corrected chi connectivity index (χ4v) is 4.49. The molecule has 0 spiro atoms. The molecule has 154 valence electrons. The predicted molar refractivity (Wildman–Crippen MR) is 126 cm³/mol. The minimum atomic E-state index is -1.31. The van der Waals surface area contributed by atoms with Crippen molar-refractivity contribution in [1.82, 2.24) is 4.98 Å². The third-order valence-electron chi connectivity index (χ3n) is 5.38. The van der Waals surface area contributed by atoms with E-state index in [4.69, 9.17) is 21.0 Å². The van der Waals surface area contributed by atoms with Gasteiger partial charge < -0.3 is 9.52 Å². The van der Waals surface area contributed by atoms with Crippen LogP contribution in [0.25, 0.3) is 22.0 Å². The third kappa shape index (κ3) is 4.04. The Hall–Kier alpha value is -2.14. The first-order valence-electron chi connectivity index (χ1n) is 10.0. The number of nitrogens with zero attached hydrogens (tertiary/aromatic N) is 1. The Kier molecular flexibility index (Phi) is 6.01. The molecular formula is C25H23BrClNO2. The zero-order chi connectivity index (χ0) is 21.3. The highest BCUT2D eigenvalue weighted by molar-refractivity contribution is 9.10. The van der Waals surface area contributed by atoms with Crippen LogP contribution < -0.4 is 0 Å². The lowest BCUT2D eigenvalue weighted by Gasteiger charge is -2.29. The van der Waals surface area contributed by atoms with E-state index < -0.39 is 5.60 Å². The van der Waals surface area contributed by atoms with Gasteiger partial charge in [-0.05, 0) is 54.7 Å². The van der Waals surface area contributed by atoms with Gasteiger partial charge in [0.05, 0.1) is 11.8 Å². The van der Waals surface area contributed by atoms with Gasteiger partial charge in [-0.2, -0.15) is 0 Å². The van der Waals surface area contributed by atoms with Crippen LogP contribution >= 0.6 is 27.5 Å². The number of hydrogen-bond acceptors (Lipinski definition) is 3. The first-order chi connectivity index (χ1) is 14.4. The molecule has 4 aromatic rings. The summed E-state index contributed by atoms with van der Waals surface area (Å²) in [4.78, 5) is 4.74. The first kappa shape index (κ1) is 21.1. The summed E-state index contributed by atoms with van der Waals surface area (Å²) in [7, 11) is 0. The summed E-state index contributed by atoms with van der Waals surface area (Å²) in [6.45, 7) is 4.28. The molecule has 1 atom stereocenters. The second kappa shape index (κ2) is 8.54. The molecule has 0 bridgehead atoms. The molecule has 1 unspecified atom stereocenters. The van der Waals surface area contributed by atoms with Crippen molar-refractivity contribution in [3.05, 3.63) is 87.9 Å². The van der Waals surface area contributed by atoms with Crippen molar-refractivity contribution in [3.8, 4) is 11.1 Å². The largest absolute Gasteiger partial charge is 0.466 e. The third-order valence-corrected chi connectivity index (χ3v) is 6.12. The normalized spacial score (nSPS) is 13.7. The van der Waals surface area contributed by atoms with Crippen molar-refractivity contribution < 1.29 is 9.52 Å². The molecule has 2 heterocycles. The maximum absolute atomic E-state index is 11.9. The second-order valence-corrected chi connectivity index (χ2v) is 9.26. The molecule has 2 aromatic carbocycles. The summed E-state index contributed by atoms with van der Waals surface area (Å²) >= 11 is 10.2. The number of rotatable bonds is 6. The number of furan rings is 1. The number of aliphatic hydroxyl groups is 1. The topological polar surface area (TPSA) is 46.3 Å². The minimum absolute atomic E-state index is 0.405. The summed E-state index contributed by atoms with van der Waals surface area (Å²) in [5, 5.41) is 13.2. The van der Waals surface area contributed by atoms with E-state index in [0.717, 1.165) is 27.4 Å². The summed E-state index contributed by atoms with van der Waals surface area (Å²) < 4.78 is 6.53. The molecule has 1 N–H and O–H groups in total. The van der Waals surface area contributed by atoms with Crippen LogP contribution in [-0.4, -0.2) is 10.1 Å². The molecule has 0 saturated carbocycles. The van der Waals surface area contributed by atoms with Gasteiger partial charge in [-0.1, -0.05) is 71.7 Å². The van der Waals surface area contributed by atoms with Gasteiger partial charge in [0.1, 0.15) is 16.5 Å². The smallest absolute Gasteiger partial charge is 0.149 e. The first-order valence-corrected chi connectivity index (χ1v) is 11.2. The van der Waals surface area contributed by atoms with E-state index in [1.807, 2.05) is 54.6 Å². The molecule has 0 radical (unpaired) electrons. The standard InChI is InChI=1S/C25H23BrClNO2/c1-16(2)10-11-25(29,22-9-6-12-30-22)21-15-19(26)13-18-14-20(24(27)28-23(18)21)17-7-4-3-5-8-17/h3-9,12-16,29H,10-11H2,1-2H3. The zero-order valence-corrected chi connectivity index (χ0v) is 19.2. The molecule has 4 rings (SSSR count). The van der Waals surface area contributed by atoms with Gasteiger partial charge in [0.25, 0.3) is 0 Å². The number of fused-ring (bicyclic) bond motifs is 1. The number of pyridine rings is 1. The Bertz CT molecular complexity index is 1160. The van der Waals surface area contributed by atoms with Crippen molar-refractivity contribution >= 4 is 38.4 Å². The molecule has 0 aliphatic heterocycles. The second-order valence-electron chi connectivity index (χ2n) is 7.99. The van der Waals surface area contributed by atoms with Crippen LogP contribution in [0.3, 0.4) is 0 Å². The monoisotopic (exact) mass is 483 g/mol. The predicted octanol–water partition coefficient (Wildman–Crippen LogP) is 7.58. The van der Waals surface area contributed by atoms with E-state index in [1.165, 1.54) is 0 Å². The van der Waals surface area contributed by atoms with E-state index >= 15 is 0 Å². The van der Waals surface area contributed by atoms with Crippen molar-refractivity contribution in [2.45, 2.75) is 32.3 Å². The molecule has 3 nitrogen and oxygen atoms in total. The lowest BCUT2D eigenvalue weighted by Crippen LogP contribution is -2.28. The van der Waals surface area contributed by atoms with E-state index in [9.17, 15) is 5.11 Å². The van der Waals surface area contributed by atoms with Gasteiger partial charge in [0, 0.05) is 21.0 Å².